The summed E-state index contributed by atoms with van der Waals surface area (Å²) in [5, 5.41) is 30.2. The lowest BCUT2D eigenvalue weighted by molar-refractivity contribution is -0.309. The van der Waals surface area contributed by atoms with Crippen molar-refractivity contribution in [3.8, 4) is 0 Å². The number of unbranched alkanes of at least 4 members (excludes halogenated alkanes) is 50. The van der Waals surface area contributed by atoms with Crippen LogP contribution in [0.3, 0.4) is 0 Å². The van der Waals surface area contributed by atoms with Crippen LogP contribution in [0.5, 0.6) is 0 Å². The number of esters is 4. The van der Waals surface area contributed by atoms with Crippen LogP contribution < -0.4 is 10.6 Å². The highest BCUT2D eigenvalue weighted by Crippen LogP contribution is 2.37. The summed E-state index contributed by atoms with van der Waals surface area (Å²) >= 11 is 0. The zero-order chi connectivity index (χ0) is 106. The maximum absolute atomic E-state index is 15.7. The molecular weight excluding hydrogens is 1890 g/mol. The van der Waals surface area contributed by atoms with Crippen LogP contribution in [0.15, 0.2) is 91.5 Å². The van der Waals surface area contributed by atoms with Gasteiger partial charge in [-0.15, -0.1) is 6.58 Å². The zero-order valence-electron chi connectivity index (χ0n) is 91.4. The van der Waals surface area contributed by atoms with Gasteiger partial charge in [0.1, 0.15) is 48.7 Å². The first kappa shape index (κ1) is 131. The van der Waals surface area contributed by atoms with E-state index in [1.807, 2.05) is 18.2 Å². The molecule has 2 aliphatic heterocycles. The fraction of sp³-hybridized carbons (Fsp3) is 0.783. The van der Waals surface area contributed by atoms with Gasteiger partial charge in [0.05, 0.1) is 88.7 Å². The van der Waals surface area contributed by atoms with E-state index in [1.54, 1.807) is 12.1 Å². The summed E-state index contributed by atoms with van der Waals surface area (Å²) in [7, 11) is 0. The normalized spacial score (nSPS) is 18.9. The molecule has 0 bridgehead atoms. The monoisotopic (exact) mass is 2080 g/mol. The van der Waals surface area contributed by atoms with Crippen molar-refractivity contribution < 1.29 is 117 Å². The molecule has 27 heteroatoms. The van der Waals surface area contributed by atoms with Gasteiger partial charge < -0.3 is 73.0 Å². The lowest BCUT2D eigenvalue weighted by Gasteiger charge is -2.47. The number of alkyl halides is 6. The highest BCUT2D eigenvalue weighted by atomic mass is 19.4. The van der Waals surface area contributed by atoms with Crippen molar-refractivity contribution in [1.82, 2.24) is 10.6 Å². The molecule has 3 aromatic carbocycles. The van der Waals surface area contributed by atoms with E-state index in [2.05, 4.69) is 58.8 Å². The number of ether oxygens (including phenoxy) is 11. The Morgan fingerprint density at radius 3 is 1.01 bits per heavy atom. The number of amides is 2. The first-order valence-electron chi connectivity index (χ1n) is 58.4. The van der Waals surface area contributed by atoms with Crippen LogP contribution in [-0.4, -0.2) is 151 Å². The van der Waals surface area contributed by atoms with Gasteiger partial charge in [0.15, 0.2) is 24.8 Å². The van der Waals surface area contributed by atoms with Crippen LogP contribution in [0.4, 0.5) is 26.3 Å². The number of rotatable bonds is 92. The predicted octanol–water partition coefficient (Wildman–Crippen LogP) is 30.3. The molecule has 0 spiro atoms. The van der Waals surface area contributed by atoms with E-state index in [4.69, 9.17) is 52.1 Å². The topological polar surface area (TPSA) is 268 Å². The maximum atomic E-state index is 15.7. The second-order valence-corrected chi connectivity index (χ2v) is 41.7. The second-order valence-electron chi connectivity index (χ2n) is 41.7. The van der Waals surface area contributed by atoms with Gasteiger partial charge in [0.25, 0.3) is 0 Å². The molecule has 0 aliphatic carbocycles. The number of carbonyl (C=O) groups excluding carboxylic acids is 6. The van der Waals surface area contributed by atoms with Gasteiger partial charge in [-0.1, -0.05) is 436 Å². The number of hydrogen-bond donors (Lipinski definition) is 4. The van der Waals surface area contributed by atoms with Gasteiger partial charge in [0.2, 0.25) is 11.8 Å². The van der Waals surface area contributed by atoms with E-state index >= 15 is 19.2 Å². The molecule has 842 valence electrons. The highest BCUT2D eigenvalue weighted by Gasteiger charge is 2.54. The number of halogens is 6. The smallest absolute Gasteiger partial charge is 0.416 e. The molecule has 0 unspecified atom stereocenters. The van der Waals surface area contributed by atoms with E-state index in [0.29, 0.717) is 80.9 Å². The van der Waals surface area contributed by atoms with E-state index in [1.165, 1.54) is 114 Å². The molecule has 147 heavy (non-hydrogen) atoms. The van der Waals surface area contributed by atoms with Crippen LogP contribution >= 0.6 is 0 Å². The third-order valence-corrected chi connectivity index (χ3v) is 28.5. The molecule has 2 heterocycles. The minimum Gasteiger partial charge on any atom is -0.462 e. The quantitative estimate of drug-likeness (QED) is 0.0134. The highest BCUT2D eigenvalue weighted by molar-refractivity contribution is 5.78. The summed E-state index contributed by atoms with van der Waals surface area (Å²) in [4.78, 5) is 90.1. The van der Waals surface area contributed by atoms with E-state index in [9.17, 15) is 46.1 Å². The van der Waals surface area contributed by atoms with Gasteiger partial charge in [-0.2, -0.15) is 26.3 Å². The molecule has 2 fully saturated rings. The minimum absolute atomic E-state index is 0.139. The maximum Gasteiger partial charge on any atom is 0.416 e. The lowest BCUT2D eigenvalue weighted by atomic mass is 9.94. The molecular formula is C120H196F6N2O19. The number of aliphatic hydroxyl groups is 2. The molecule has 5 rings (SSSR count). The van der Waals surface area contributed by atoms with Gasteiger partial charge in [-0.3, -0.25) is 28.8 Å². The third-order valence-electron chi connectivity index (χ3n) is 28.5. The number of hydrogen-bond acceptors (Lipinski definition) is 19. The van der Waals surface area contributed by atoms with Crippen LogP contribution in [0.25, 0.3) is 0 Å². The van der Waals surface area contributed by atoms with Crippen LogP contribution in [0.1, 0.15) is 493 Å². The zero-order valence-corrected chi connectivity index (χ0v) is 91.4. The molecule has 0 radical (unpaired) electrons. The van der Waals surface area contributed by atoms with Crippen molar-refractivity contribution in [2.24, 2.45) is 0 Å². The van der Waals surface area contributed by atoms with Crippen molar-refractivity contribution >= 4 is 35.7 Å². The Labute approximate surface area is 881 Å². The average Bonchev–Trinajstić information content (AvgIpc) is 0.774. The largest absolute Gasteiger partial charge is 0.462 e. The van der Waals surface area contributed by atoms with Gasteiger partial charge in [-0.25, -0.2) is 0 Å². The van der Waals surface area contributed by atoms with E-state index in [-0.39, 0.29) is 52.1 Å². The molecule has 21 nitrogen and oxygen atoms in total. The lowest BCUT2D eigenvalue weighted by Crippen LogP contribution is -2.68. The van der Waals surface area contributed by atoms with Gasteiger partial charge in [0, 0.05) is 12.8 Å². The summed E-state index contributed by atoms with van der Waals surface area (Å²) in [6, 6.07) is 15.1. The SMILES string of the molecule is C=CCO[C@H]1O[C@H](CO[C@@H]2O[C@H](CO)[C@@H](O)[C@H](OC(=O)C[C@@H](CCCCCCCCCCC)OC(=O)CCCCCCCCCCCCC)[C@H]2NC(=O)C[C@@H](CCCCCCCCCCC)OC(=O)CCCCCCCCCCC)[C@@H](OCc2ccccc2)[C@H](OC(=O)C[C@@H](CCCCCCCCCCC)OCc2ccc(C(F)(F)F)cc2)[C@H]1NC(=O)C[C@@H](CCCCCCCCCCC)OCc1ccc(C(F)(F)F)cc1. The van der Waals surface area contributed by atoms with Gasteiger partial charge in [-0.05, 0) is 92.3 Å². The fourth-order valence-electron chi connectivity index (χ4n) is 19.6. The van der Waals surface area contributed by atoms with E-state index < -0.39 is 171 Å². The second kappa shape index (κ2) is 83.0. The van der Waals surface area contributed by atoms with E-state index in [0.717, 1.165) is 262 Å². The first-order chi connectivity index (χ1) is 71.4. The Morgan fingerprint density at radius 1 is 0.347 bits per heavy atom. The average molecular weight is 2080 g/mol. The van der Waals surface area contributed by atoms with Crippen LogP contribution in [0, 0.1) is 0 Å². The predicted molar refractivity (Wildman–Crippen MR) is 570 cm³/mol. The molecule has 2 saturated heterocycles. The Kier molecular flexibility index (Phi) is 73.9. The Bertz CT molecular complexity index is 3790. The molecule has 14 atom stereocenters. The summed E-state index contributed by atoms with van der Waals surface area (Å²) in [6.07, 6.45) is 33.0. The van der Waals surface area contributed by atoms with Crippen molar-refractivity contribution in [3.63, 3.8) is 0 Å². The van der Waals surface area contributed by atoms with Gasteiger partial charge >= 0.3 is 36.2 Å². The number of carbonyl (C=O) groups is 6. The molecule has 2 amide bonds. The minimum atomic E-state index is -4.60. The van der Waals surface area contributed by atoms with Crippen molar-refractivity contribution in [3.05, 3.63) is 119 Å². The number of nitrogens with one attached hydrogen (secondary N) is 2. The first-order valence-corrected chi connectivity index (χ1v) is 58.4. The summed E-state index contributed by atoms with van der Waals surface area (Å²) in [5.41, 5.74) is -0.200. The van der Waals surface area contributed by atoms with Crippen LogP contribution in [-0.2, 0) is 113 Å². The summed E-state index contributed by atoms with van der Waals surface area (Å²) in [6.45, 7) is 14.8. The number of aliphatic hydroxyl groups excluding tert-OH is 2. The Balaban J connectivity index is 1.67. The van der Waals surface area contributed by atoms with Crippen molar-refractivity contribution in [1.29, 1.82) is 0 Å². The Hall–Kier alpha value is -6.56. The summed E-state index contributed by atoms with van der Waals surface area (Å²) in [5.74, 6) is -4.00. The Morgan fingerprint density at radius 2 is 0.646 bits per heavy atom. The van der Waals surface area contributed by atoms with Crippen molar-refractivity contribution in [2.45, 2.75) is 583 Å². The molecule has 4 N–H and O–H groups in total. The molecule has 0 aromatic heterocycles. The number of benzene rings is 3. The molecule has 3 aromatic rings. The summed E-state index contributed by atoms with van der Waals surface area (Å²) < 4.78 is 157. The standard InChI is InChI=1S/C120H196F6N2O19/c1-8-15-21-27-33-39-40-46-52-58-67-75-108(133)143-102(73-65-56-50-44-37-31-25-19-12-5)88-110(135)146-115-111(127-106(131)86-101(72-64-55-49-43-36-30-24-18-11-4)142-107(132)74-66-57-51-45-38-32-26-20-13-6)118(144-103(89-129)113(115)136)141-93-104-114(140-92-94-68-60-59-61-69-94)116(147-109(134)87-100(71-63-54-48-42-35-29-23-17-10-3)139-91-96-78-82-98(83-79-96)120(124,125)126)112(117(145-104)137-84-14-7)128-105(130)85-99(70-62-53-47-41-34-28-22-16-9-2)138-90-95-76-80-97(81-77-95)119(121,122)123/h14,59-61,68-69,76-83,99-104,111-118,129,136H,7-13,15-58,62-67,70-75,84-93H2,1-6H3,(H,127,131)(H,128,130)/t99-,100-,101-,102-,103-,104-,111-,112-,113-,114-,115-,116-,117+,118-/m1/s1. The molecule has 0 saturated carbocycles. The van der Waals surface area contributed by atoms with Crippen LogP contribution in [0.2, 0.25) is 0 Å². The van der Waals surface area contributed by atoms with Crippen molar-refractivity contribution in [2.75, 3.05) is 19.8 Å². The molecule has 2 aliphatic rings. The third kappa shape index (κ3) is 61.2. The fourth-order valence-corrected chi connectivity index (χ4v) is 19.6.